The Balaban J connectivity index is 2.01. The van der Waals surface area contributed by atoms with Gasteiger partial charge in [-0.05, 0) is 37.3 Å². The molecule has 1 aromatic carbocycles. The molecule has 0 spiro atoms. The molecule has 5 nitrogen and oxygen atoms in total. The smallest absolute Gasteiger partial charge is 0.316 e. The molecule has 0 heterocycles. The molecule has 5 heteroatoms. The summed E-state index contributed by atoms with van der Waals surface area (Å²) in [7, 11) is 1.30. The lowest BCUT2D eigenvalue weighted by molar-refractivity contribution is -0.148. The highest BCUT2D eigenvalue weighted by molar-refractivity contribution is 6.01. The van der Waals surface area contributed by atoms with Crippen LogP contribution < -0.4 is 0 Å². The fraction of sp³-hybridized carbons (Fsp3) is 0.471. The molecule has 1 fully saturated rings. The van der Waals surface area contributed by atoms with Gasteiger partial charge in [-0.2, -0.15) is 0 Å². The first-order valence-electron chi connectivity index (χ1n) is 7.37. The summed E-state index contributed by atoms with van der Waals surface area (Å²) >= 11 is 0. The first-order chi connectivity index (χ1) is 10.4. The van der Waals surface area contributed by atoms with Gasteiger partial charge in [-0.15, -0.1) is 0 Å². The van der Waals surface area contributed by atoms with Crippen LogP contribution in [0.15, 0.2) is 24.3 Å². The Labute approximate surface area is 129 Å². The third-order valence-corrected chi connectivity index (χ3v) is 4.37. The second-order valence-corrected chi connectivity index (χ2v) is 5.76. The van der Waals surface area contributed by atoms with Gasteiger partial charge in [0, 0.05) is 5.92 Å². The van der Waals surface area contributed by atoms with E-state index in [0.29, 0.717) is 19.3 Å². The van der Waals surface area contributed by atoms with Gasteiger partial charge in [-0.1, -0.05) is 24.3 Å². The van der Waals surface area contributed by atoms with Gasteiger partial charge in [-0.25, -0.2) is 0 Å². The normalized spacial score (nSPS) is 22.4. The summed E-state index contributed by atoms with van der Waals surface area (Å²) in [5.74, 6) is -2.69. The van der Waals surface area contributed by atoms with Gasteiger partial charge < -0.3 is 9.84 Å². The number of esters is 1. The van der Waals surface area contributed by atoms with Crippen LogP contribution in [0.4, 0.5) is 0 Å². The molecule has 22 heavy (non-hydrogen) atoms. The van der Waals surface area contributed by atoms with Crippen molar-refractivity contribution in [3.8, 4) is 0 Å². The van der Waals surface area contributed by atoms with Crippen molar-refractivity contribution in [3.05, 3.63) is 35.4 Å². The zero-order valence-electron chi connectivity index (χ0n) is 12.7. The maximum Gasteiger partial charge on any atom is 0.316 e. The summed E-state index contributed by atoms with van der Waals surface area (Å²) in [6.45, 7) is 1.64. The minimum atomic E-state index is -0.861. The molecule has 118 valence electrons. The van der Waals surface area contributed by atoms with E-state index in [0.717, 1.165) is 11.1 Å². The lowest BCUT2D eigenvalue weighted by Gasteiger charge is -2.11. The Hall–Kier alpha value is -2.17. The number of carboxylic acid groups (broad SMARTS) is 1. The molecule has 0 aliphatic heterocycles. The SMILES string of the molecule is COC(=O)C1CCC(Cc2ccc(C(C)C(=O)O)cc2)C1=O. The number of Topliss-reactive ketones (excluding diaryl/α,β-unsaturated/α-hetero) is 1. The van der Waals surface area contributed by atoms with E-state index < -0.39 is 23.8 Å². The van der Waals surface area contributed by atoms with E-state index in [-0.39, 0.29) is 11.7 Å². The van der Waals surface area contributed by atoms with Crippen LogP contribution in [0.25, 0.3) is 0 Å². The lowest BCUT2D eigenvalue weighted by atomic mass is 9.93. The van der Waals surface area contributed by atoms with Gasteiger partial charge in [0.2, 0.25) is 0 Å². The fourth-order valence-electron chi connectivity index (χ4n) is 2.89. The molecule has 0 amide bonds. The minimum absolute atomic E-state index is 0.0465. The van der Waals surface area contributed by atoms with Crippen molar-refractivity contribution in [2.45, 2.75) is 32.1 Å². The zero-order chi connectivity index (χ0) is 16.3. The van der Waals surface area contributed by atoms with Gasteiger partial charge in [0.05, 0.1) is 13.0 Å². The summed E-state index contributed by atoms with van der Waals surface area (Å²) in [6, 6.07) is 7.28. The van der Waals surface area contributed by atoms with Crippen LogP contribution in [0.3, 0.4) is 0 Å². The molecule has 1 saturated carbocycles. The molecule has 1 aliphatic carbocycles. The third kappa shape index (κ3) is 3.35. The number of ketones is 1. The molecule has 3 atom stereocenters. The van der Waals surface area contributed by atoms with E-state index in [4.69, 9.17) is 5.11 Å². The number of benzene rings is 1. The Morgan fingerprint density at radius 2 is 1.91 bits per heavy atom. The van der Waals surface area contributed by atoms with E-state index in [2.05, 4.69) is 4.74 Å². The largest absolute Gasteiger partial charge is 0.481 e. The van der Waals surface area contributed by atoms with Crippen molar-refractivity contribution in [1.82, 2.24) is 0 Å². The number of hydrogen-bond donors (Lipinski definition) is 1. The van der Waals surface area contributed by atoms with E-state index in [1.807, 2.05) is 12.1 Å². The minimum Gasteiger partial charge on any atom is -0.481 e. The number of carboxylic acids is 1. The third-order valence-electron chi connectivity index (χ3n) is 4.37. The lowest BCUT2D eigenvalue weighted by Crippen LogP contribution is -2.24. The van der Waals surface area contributed by atoms with E-state index in [1.54, 1.807) is 19.1 Å². The maximum atomic E-state index is 12.2. The molecule has 0 radical (unpaired) electrons. The summed E-state index contributed by atoms with van der Waals surface area (Å²) in [6.07, 6.45) is 1.81. The van der Waals surface area contributed by atoms with Gasteiger partial charge in [0.15, 0.2) is 0 Å². The summed E-state index contributed by atoms with van der Waals surface area (Å²) in [5.41, 5.74) is 1.71. The molecular formula is C17H20O5. The van der Waals surface area contributed by atoms with E-state index >= 15 is 0 Å². The monoisotopic (exact) mass is 304 g/mol. The Morgan fingerprint density at radius 3 is 2.45 bits per heavy atom. The van der Waals surface area contributed by atoms with E-state index in [1.165, 1.54) is 7.11 Å². The van der Waals surface area contributed by atoms with Crippen LogP contribution in [0, 0.1) is 11.8 Å². The van der Waals surface area contributed by atoms with Crippen LogP contribution in [-0.2, 0) is 25.5 Å². The first kappa shape index (κ1) is 16.2. The number of rotatable bonds is 5. The van der Waals surface area contributed by atoms with Crippen LogP contribution in [0.1, 0.15) is 36.8 Å². The van der Waals surface area contributed by atoms with Crippen LogP contribution in [-0.4, -0.2) is 29.9 Å². The Morgan fingerprint density at radius 1 is 1.27 bits per heavy atom. The molecular weight excluding hydrogens is 284 g/mol. The zero-order valence-corrected chi connectivity index (χ0v) is 12.7. The molecule has 1 aliphatic rings. The van der Waals surface area contributed by atoms with Crippen molar-refractivity contribution >= 4 is 17.7 Å². The van der Waals surface area contributed by atoms with Gasteiger partial charge in [0.1, 0.15) is 11.7 Å². The summed E-state index contributed by atoms with van der Waals surface area (Å²) in [4.78, 5) is 34.6. The van der Waals surface area contributed by atoms with Crippen molar-refractivity contribution in [3.63, 3.8) is 0 Å². The first-order valence-corrected chi connectivity index (χ1v) is 7.37. The van der Waals surface area contributed by atoms with Gasteiger partial charge in [-0.3, -0.25) is 14.4 Å². The molecule has 2 rings (SSSR count). The second-order valence-electron chi connectivity index (χ2n) is 5.76. The number of ether oxygens (including phenoxy) is 1. The molecule has 3 unspecified atom stereocenters. The highest BCUT2D eigenvalue weighted by Crippen LogP contribution is 2.31. The molecule has 0 saturated heterocycles. The molecule has 1 N–H and O–H groups in total. The average Bonchev–Trinajstić information content (AvgIpc) is 2.87. The quantitative estimate of drug-likeness (QED) is 0.666. The second kappa shape index (κ2) is 6.73. The predicted octanol–water partition coefficient (Wildman–Crippen LogP) is 2.19. The number of aliphatic carboxylic acids is 1. The predicted molar refractivity (Wildman–Crippen MR) is 79.4 cm³/mol. The van der Waals surface area contributed by atoms with Crippen molar-refractivity contribution in [2.24, 2.45) is 11.8 Å². The number of hydrogen-bond acceptors (Lipinski definition) is 4. The molecule has 1 aromatic rings. The van der Waals surface area contributed by atoms with Gasteiger partial charge >= 0.3 is 11.9 Å². The van der Waals surface area contributed by atoms with Crippen LogP contribution in [0.5, 0.6) is 0 Å². The highest BCUT2D eigenvalue weighted by atomic mass is 16.5. The fourth-order valence-corrected chi connectivity index (χ4v) is 2.89. The van der Waals surface area contributed by atoms with Crippen molar-refractivity contribution < 1.29 is 24.2 Å². The van der Waals surface area contributed by atoms with Gasteiger partial charge in [0.25, 0.3) is 0 Å². The number of methoxy groups -OCH3 is 1. The summed E-state index contributed by atoms with van der Waals surface area (Å²) in [5, 5.41) is 8.99. The summed E-state index contributed by atoms with van der Waals surface area (Å²) < 4.78 is 4.65. The van der Waals surface area contributed by atoms with E-state index in [9.17, 15) is 14.4 Å². The Bertz CT molecular complexity index is 575. The Kier molecular flexibility index (Phi) is 4.96. The highest BCUT2D eigenvalue weighted by Gasteiger charge is 2.39. The van der Waals surface area contributed by atoms with Crippen molar-refractivity contribution in [2.75, 3.05) is 7.11 Å². The maximum absolute atomic E-state index is 12.2. The van der Waals surface area contributed by atoms with Crippen LogP contribution in [0.2, 0.25) is 0 Å². The van der Waals surface area contributed by atoms with Crippen molar-refractivity contribution in [1.29, 1.82) is 0 Å². The molecule has 0 aromatic heterocycles. The number of carbonyl (C=O) groups excluding carboxylic acids is 2. The van der Waals surface area contributed by atoms with Crippen LogP contribution >= 0.6 is 0 Å². The average molecular weight is 304 g/mol. The number of carbonyl (C=O) groups is 3. The standard InChI is InChI=1S/C17H20O5/c1-10(16(19)20)12-5-3-11(4-6-12)9-13-7-8-14(15(13)18)17(21)22-2/h3-6,10,13-14H,7-9H2,1-2H3,(H,19,20). The topological polar surface area (TPSA) is 80.7 Å². The molecule has 0 bridgehead atoms.